The minimum absolute atomic E-state index is 0.0137. The summed E-state index contributed by atoms with van der Waals surface area (Å²) >= 11 is 2.96. The number of nitrogens with zero attached hydrogens (tertiary/aromatic N) is 1. The molecule has 0 aliphatic rings. The van der Waals surface area contributed by atoms with Crippen molar-refractivity contribution in [1.29, 1.82) is 0 Å². The average Bonchev–Trinajstić information content (AvgIpc) is 3.30. The van der Waals surface area contributed by atoms with Gasteiger partial charge in [0, 0.05) is 18.3 Å². The maximum absolute atomic E-state index is 12.9. The van der Waals surface area contributed by atoms with Crippen LogP contribution in [0.5, 0.6) is 0 Å². The van der Waals surface area contributed by atoms with Crippen molar-refractivity contribution in [3.05, 3.63) is 18.2 Å². The minimum Gasteiger partial charge on any atom is -0.480 e. The van der Waals surface area contributed by atoms with Crippen LogP contribution in [0.3, 0.4) is 0 Å². The van der Waals surface area contributed by atoms with Crippen molar-refractivity contribution in [2.24, 2.45) is 5.73 Å². The Morgan fingerprint density at radius 3 is 2.18 bits per heavy atom. The van der Waals surface area contributed by atoms with E-state index in [0.717, 1.165) is 0 Å². The molecule has 1 rings (SSSR count). The van der Waals surface area contributed by atoms with Gasteiger partial charge in [-0.3, -0.25) is 14.4 Å². The Bertz CT molecular complexity index is 795. The number of aliphatic hydroxyl groups excluding tert-OH is 1. The van der Waals surface area contributed by atoms with Crippen LogP contribution in [0.25, 0.3) is 0 Å². The molecule has 192 valence electrons. The van der Waals surface area contributed by atoms with Crippen LogP contribution in [0.2, 0.25) is 0 Å². The van der Waals surface area contributed by atoms with E-state index >= 15 is 0 Å². The first-order valence-corrected chi connectivity index (χ1v) is 13.4. The second-order valence-electron chi connectivity index (χ2n) is 7.64. The van der Waals surface area contributed by atoms with Crippen molar-refractivity contribution in [3.8, 4) is 0 Å². The van der Waals surface area contributed by atoms with Gasteiger partial charge < -0.3 is 36.9 Å². The van der Waals surface area contributed by atoms with Gasteiger partial charge in [-0.2, -0.15) is 23.5 Å². The van der Waals surface area contributed by atoms with E-state index in [2.05, 4.69) is 25.9 Å². The Kier molecular flexibility index (Phi) is 13.6. The van der Waals surface area contributed by atoms with Gasteiger partial charge >= 0.3 is 5.97 Å². The monoisotopic (exact) mass is 518 g/mol. The van der Waals surface area contributed by atoms with Crippen LogP contribution in [0.1, 0.15) is 25.5 Å². The van der Waals surface area contributed by atoms with Gasteiger partial charge in [0.25, 0.3) is 0 Å². The predicted molar refractivity (Wildman–Crippen MR) is 131 cm³/mol. The number of aliphatic hydroxyl groups is 1. The fraction of sp³-hybridized carbons (Fsp3) is 0.650. The summed E-state index contributed by atoms with van der Waals surface area (Å²) < 4.78 is 0. The van der Waals surface area contributed by atoms with Gasteiger partial charge in [-0.05, 0) is 43.8 Å². The van der Waals surface area contributed by atoms with E-state index in [1.165, 1.54) is 43.0 Å². The Morgan fingerprint density at radius 1 is 1.03 bits per heavy atom. The zero-order chi connectivity index (χ0) is 25.7. The van der Waals surface area contributed by atoms with Crippen LogP contribution in [0, 0.1) is 0 Å². The van der Waals surface area contributed by atoms with Crippen LogP contribution in [0.15, 0.2) is 12.5 Å². The summed E-state index contributed by atoms with van der Waals surface area (Å²) in [4.78, 5) is 56.5. The molecule has 0 aliphatic carbocycles. The highest BCUT2D eigenvalue weighted by atomic mass is 32.2. The summed E-state index contributed by atoms with van der Waals surface area (Å²) in [6.07, 6.45) is 5.86. The van der Waals surface area contributed by atoms with E-state index in [0.29, 0.717) is 23.6 Å². The number of amides is 3. The number of imidazole rings is 1. The van der Waals surface area contributed by atoms with Crippen LogP contribution < -0.4 is 21.7 Å². The molecule has 0 saturated carbocycles. The molecule has 0 bridgehead atoms. The molecule has 14 heteroatoms. The third-order valence-electron chi connectivity index (χ3n) is 4.87. The lowest BCUT2D eigenvalue weighted by Gasteiger charge is -2.26. The molecule has 0 aliphatic heterocycles. The van der Waals surface area contributed by atoms with Gasteiger partial charge in [0.05, 0.1) is 18.5 Å². The summed E-state index contributed by atoms with van der Waals surface area (Å²) in [5, 5.41) is 26.9. The fourth-order valence-electron chi connectivity index (χ4n) is 2.89. The molecule has 0 fully saturated rings. The highest BCUT2D eigenvalue weighted by molar-refractivity contribution is 7.98. The Balaban J connectivity index is 2.98. The number of aromatic nitrogens is 2. The molecule has 1 aromatic rings. The number of nitrogens with two attached hydrogens (primary N) is 1. The van der Waals surface area contributed by atoms with Crippen molar-refractivity contribution in [3.63, 3.8) is 0 Å². The largest absolute Gasteiger partial charge is 0.480 e. The normalized spacial score (nSPS) is 15.4. The van der Waals surface area contributed by atoms with Gasteiger partial charge in [-0.1, -0.05) is 0 Å². The quantitative estimate of drug-likeness (QED) is 0.138. The lowest BCUT2D eigenvalue weighted by molar-refractivity contribution is -0.142. The van der Waals surface area contributed by atoms with E-state index in [4.69, 9.17) is 5.73 Å². The highest BCUT2D eigenvalue weighted by Gasteiger charge is 2.32. The SMILES string of the molecule is CSCCC(N)C(=O)NC(C(=O)NC(Cc1cnc[nH]1)C(=O)NC(CCSC)C(=O)O)C(C)O. The summed E-state index contributed by atoms with van der Waals surface area (Å²) in [5.74, 6) is -2.16. The van der Waals surface area contributed by atoms with Gasteiger partial charge in [0.2, 0.25) is 17.7 Å². The molecule has 0 radical (unpaired) electrons. The number of rotatable bonds is 16. The highest BCUT2D eigenvalue weighted by Crippen LogP contribution is 2.06. The standard InChI is InChI=1S/C20H34N6O6S2/c1-11(27)16(26-17(28)13(21)4-6-33-2)19(30)25-15(8-12-9-22-10-23-12)18(29)24-14(20(31)32)5-7-34-3/h9-11,13-16,27H,4-8,21H2,1-3H3,(H,22,23)(H,24,29)(H,25,30)(H,26,28)(H,31,32). The molecule has 12 nitrogen and oxygen atoms in total. The summed E-state index contributed by atoms with van der Waals surface area (Å²) in [7, 11) is 0. The average molecular weight is 519 g/mol. The molecular formula is C20H34N6O6S2. The molecule has 8 N–H and O–H groups in total. The topological polar surface area (TPSA) is 200 Å². The number of thioether (sulfide) groups is 2. The summed E-state index contributed by atoms with van der Waals surface area (Å²) in [6.45, 7) is 1.32. The Hall–Kier alpha value is -2.29. The number of aliphatic carboxylic acids is 1. The van der Waals surface area contributed by atoms with Crippen molar-refractivity contribution in [1.82, 2.24) is 25.9 Å². The summed E-state index contributed by atoms with van der Waals surface area (Å²) in [5.41, 5.74) is 6.36. The molecule has 34 heavy (non-hydrogen) atoms. The smallest absolute Gasteiger partial charge is 0.326 e. The van der Waals surface area contributed by atoms with E-state index in [1.807, 2.05) is 12.5 Å². The van der Waals surface area contributed by atoms with Crippen LogP contribution in [-0.4, -0.2) is 98.2 Å². The molecule has 3 amide bonds. The zero-order valence-electron chi connectivity index (χ0n) is 19.4. The van der Waals surface area contributed by atoms with Gasteiger partial charge in [0.1, 0.15) is 18.1 Å². The number of carboxylic acids is 1. The number of carbonyl (C=O) groups is 4. The molecule has 5 atom stereocenters. The first kappa shape index (κ1) is 29.7. The molecular weight excluding hydrogens is 484 g/mol. The van der Waals surface area contributed by atoms with Crippen LogP contribution in [-0.2, 0) is 25.6 Å². The third-order valence-corrected chi connectivity index (χ3v) is 6.16. The van der Waals surface area contributed by atoms with Crippen molar-refractivity contribution >= 4 is 47.2 Å². The Morgan fingerprint density at radius 2 is 1.65 bits per heavy atom. The fourth-order valence-corrected chi connectivity index (χ4v) is 3.85. The molecule has 5 unspecified atom stereocenters. The molecule has 0 saturated heterocycles. The summed E-state index contributed by atoms with van der Waals surface area (Å²) in [6, 6.07) is -4.55. The van der Waals surface area contributed by atoms with Crippen molar-refractivity contribution in [2.75, 3.05) is 24.0 Å². The maximum Gasteiger partial charge on any atom is 0.326 e. The lowest BCUT2D eigenvalue weighted by Crippen LogP contribution is -2.60. The van der Waals surface area contributed by atoms with E-state index < -0.39 is 54.0 Å². The lowest BCUT2D eigenvalue weighted by atomic mass is 10.1. The third kappa shape index (κ3) is 10.3. The number of hydrogen-bond donors (Lipinski definition) is 7. The van der Waals surface area contributed by atoms with E-state index in [1.54, 1.807) is 0 Å². The maximum atomic E-state index is 12.9. The number of aromatic amines is 1. The molecule has 1 heterocycles. The minimum atomic E-state index is -1.36. The van der Waals surface area contributed by atoms with Crippen molar-refractivity contribution < 1.29 is 29.4 Å². The van der Waals surface area contributed by atoms with E-state index in [9.17, 15) is 29.4 Å². The van der Waals surface area contributed by atoms with Gasteiger partial charge in [-0.15, -0.1) is 0 Å². The van der Waals surface area contributed by atoms with Crippen molar-refractivity contribution in [2.45, 2.75) is 56.5 Å². The van der Waals surface area contributed by atoms with Crippen LogP contribution in [0.4, 0.5) is 0 Å². The van der Waals surface area contributed by atoms with Gasteiger partial charge in [-0.25, -0.2) is 9.78 Å². The number of carbonyl (C=O) groups excluding carboxylic acids is 3. The molecule has 0 spiro atoms. The first-order chi connectivity index (χ1) is 16.1. The number of nitrogens with one attached hydrogen (secondary N) is 4. The van der Waals surface area contributed by atoms with E-state index in [-0.39, 0.29) is 12.8 Å². The number of hydrogen-bond acceptors (Lipinski definition) is 9. The number of H-pyrrole nitrogens is 1. The predicted octanol–water partition coefficient (Wildman–Crippen LogP) is -1.29. The second-order valence-corrected chi connectivity index (χ2v) is 9.61. The van der Waals surface area contributed by atoms with Crippen LogP contribution >= 0.6 is 23.5 Å². The van der Waals surface area contributed by atoms with Gasteiger partial charge in [0.15, 0.2) is 0 Å². The Labute approximate surface area is 207 Å². The first-order valence-electron chi connectivity index (χ1n) is 10.6. The molecule has 1 aromatic heterocycles. The molecule has 0 aromatic carbocycles. The number of carboxylic acid groups (broad SMARTS) is 1. The zero-order valence-corrected chi connectivity index (χ0v) is 21.1. The second kappa shape index (κ2) is 15.6.